The third-order valence-electron chi connectivity index (χ3n) is 2.35. The molecule has 0 aliphatic heterocycles. The fourth-order valence-electron chi connectivity index (χ4n) is 1.47. The minimum atomic E-state index is -4.70. The predicted molar refractivity (Wildman–Crippen MR) is 62.9 cm³/mol. The Kier molecular flexibility index (Phi) is 3.71. The molecule has 1 aromatic carbocycles. The summed E-state index contributed by atoms with van der Waals surface area (Å²) in [5.41, 5.74) is 1.15. The Morgan fingerprint density at radius 2 is 1.89 bits per heavy atom. The van der Waals surface area contributed by atoms with Gasteiger partial charge in [0.05, 0.1) is 11.6 Å². The first-order valence-corrected chi connectivity index (χ1v) is 5.81. The van der Waals surface area contributed by atoms with E-state index >= 15 is 0 Å². The summed E-state index contributed by atoms with van der Waals surface area (Å²) in [6.45, 7) is 1.72. The Labute approximate surface area is 112 Å². The molecule has 2 aromatic rings. The van der Waals surface area contributed by atoms with Crippen molar-refractivity contribution in [1.82, 2.24) is 4.98 Å². The minimum absolute atomic E-state index is 0.213. The lowest BCUT2D eigenvalue weighted by atomic mass is 10.2. The molecule has 0 fully saturated rings. The van der Waals surface area contributed by atoms with Gasteiger partial charge in [0.15, 0.2) is 0 Å². The number of nitrogens with zero attached hydrogens (tertiary/aromatic N) is 1. The van der Waals surface area contributed by atoms with Gasteiger partial charge in [0.25, 0.3) is 0 Å². The molecular formula is C12H9ClF3NO2. The number of hydrogen-bond acceptors (Lipinski definition) is 3. The van der Waals surface area contributed by atoms with Crippen molar-refractivity contribution in [2.45, 2.75) is 19.2 Å². The van der Waals surface area contributed by atoms with Crippen LogP contribution in [0.4, 0.5) is 13.2 Å². The van der Waals surface area contributed by atoms with E-state index in [1.54, 1.807) is 6.92 Å². The molecule has 0 amide bonds. The number of aryl methyl sites for hydroxylation is 1. The van der Waals surface area contributed by atoms with Gasteiger partial charge < -0.3 is 9.15 Å². The molecule has 0 spiro atoms. The molecule has 1 heterocycles. The van der Waals surface area contributed by atoms with Crippen LogP contribution in [0.3, 0.4) is 0 Å². The number of benzene rings is 1. The van der Waals surface area contributed by atoms with Gasteiger partial charge in [0.2, 0.25) is 5.89 Å². The highest BCUT2D eigenvalue weighted by Crippen LogP contribution is 2.27. The van der Waals surface area contributed by atoms with E-state index in [0.29, 0.717) is 22.9 Å². The van der Waals surface area contributed by atoms with E-state index in [9.17, 15) is 13.2 Å². The van der Waals surface area contributed by atoms with E-state index in [1.165, 1.54) is 24.3 Å². The van der Waals surface area contributed by atoms with Gasteiger partial charge in [-0.3, -0.25) is 0 Å². The van der Waals surface area contributed by atoms with Crippen molar-refractivity contribution in [3.8, 4) is 17.2 Å². The van der Waals surface area contributed by atoms with Gasteiger partial charge in [-0.15, -0.1) is 24.8 Å². The zero-order chi connectivity index (χ0) is 14.0. The lowest BCUT2D eigenvalue weighted by Gasteiger charge is -2.08. The monoisotopic (exact) mass is 291 g/mol. The topological polar surface area (TPSA) is 35.3 Å². The van der Waals surface area contributed by atoms with Gasteiger partial charge in [-0.2, -0.15) is 0 Å². The quantitative estimate of drug-likeness (QED) is 0.791. The van der Waals surface area contributed by atoms with E-state index < -0.39 is 6.36 Å². The molecule has 19 heavy (non-hydrogen) atoms. The maximum absolute atomic E-state index is 12.0. The summed E-state index contributed by atoms with van der Waals surface area (Å²) in [6.07, 6.45) is -4.70. The molecular weight excluding hydrogens is 283 g/mol. The van der Waals surface area contributed by atoms with Crippen molar-refractivity contribution in [1.29, 1.82) is 0 Å². The van der Waals surface area contributed by atoms with Crippen LogP contribution in [0.25, 0.3) is 11.5 Å². The summed E-state index contributed by atoms with van der Waals surface area (Å²) in [5, 5.41) is 0. The Morgan fingerprint density at radius 3 is 2.37 bits per heavy atom. The molecule has 0 aliphatic rings. The van der Waals surface area contributed by atoms with Crippen molar-refractivity contribution < 1.29 is 22.3 Å². The minimum Gasteiger partial charge on any atom is -0.441 e. The average Bonchev–Trinajstić information content (AvgIpc) is 2.69. The molecule has 3 nitrogen and oxygen atoms in total. The van der Waals surface area contributed by atoms with Crippen LogP contribution in [0.1, 0.15) is 11.5 Å². The fourth-order valence-corrected chi connectivity index (χ4v) is 1.72. The number of alkyl halides is 4. The van der Waals surface area contributed by atoms with Gasteiger partial charge in [-0.1, -0.05) is 0 Å². The zero-order valence-corrected chi connectivity index (χ0v) is 10.5. The van der Waals surface area contributed by atoms with Gasteiger partial charge in [0.1, 0.15) is 11.5 Å². The maximum Gasteiger partial charge on any atom is 0.573 e. The molecule has 0 N–H and O–H groups in total. The van der Waals surface area contributed by atoms with Crippen LogP contribution < -0.4 is 4.74 Å². The molecule has 0 saturated carbocycles. The van der Waals surface area contributed by atoms with Crippen LogP contribution in [0, 0.1) is 6.92 Å². The number of halogens is 4. The molecule has 0 aliphatic carbocycles. The lowest BCUT2D eigenvalue weighted by molar-refractivity contribution is -0.274. The molecule has 7 heteroatoms. The Bertz CT molecular complexity index is 563. The van der Waals surface area contributed by atoms with Crippen molar-refractivity contribution in [2.75, 3.05) is 0 Å². The molecule has 0 radical (unpaired) electrons. The molecule has 102 valence electrons. The van der Waals surface area contributed by atoms with E-state index in [4.69, 9.17) is 16.0 Å². The van der Waals surface area contributed by atoms with Gasteiger partial charge in [0, 0.05) is 5.56 Å². The molecule has 0 atom stereocenters. The van der Waals surface area contributed by atoms with E-state index in [-0.39, 0.29) is 11.6 Å². The number of oxazole rings is 1. The summed E-state index contributed by atoms with van der Waals surface area (Å²) < 4.78 is 45.1. The lowest BCUT2D eigenvalue weighted by Crippen LogP contribution is -2.16. The molecule has 0 saturated heterocycles. The first-order valence-electron chi connectivity index (χ1n) is 5.27. The number of aromatic nitrogens is 1. The van der Waals surface area contributed by atoms with Crippen LogP contribution in [-0.4, -0.2) is 11.3 Å². The van der Waals surface area contributed by atoms with E-state index in [1.807, 2.05) is 0 Å². The number of rotatable bonds is 3. The average molecular weight is 292 g/mol. The van der Waals surface area contributed by atoms with Crippen LogP contribution in [0.15, 0.2) is 28.7 Å². The smallest absolute Gasteiger partial charge is 0.441 e. The first kappa shape index (κ1) is 13.7. The molecule has 0 unspecified atom stereocenters. The standard InChI is InChI=1S/C12H9ClF3NO2/c1-7-10(6-13)17-11(18-7)8-2-4-9(5-3-8)19-12(14,15)16/h2-5H,6H2,1H3. The van der Waals surface area contributed by atoms with Crippen molar-refractivity contribution in [3.05, 3.63) is 35.7 Å². The Morgan fingerprint density at radius 1 is 1.26 bits per heavy atom. The largest absolute Gasteiger partial charge is 0.573 e. The molecule has 1 aromatic heterocycles. The van der Waals surface area contributed by atoms with Crippen LogP contribution in [-0.2, 0) is 5.88 Å². The predicted octanol–water partition coefficient (Wildman–Crippen LogP) is 4.29. The van der Waals surface area contributed by atoms with Crippen LogP contribution in [0.2, 0.25) is 0 Å². The highest BCUT2D eigenvalue weighted by Gasteiger charge is 2.31. The third kappa shape index (κ3) is 3.41. The second-order valence-electron chi connectivity index (χ2n) is 3.73. The SMILES string of the molecule is Cc1oc(-c2ccc(OC(F)(F)F)cc2)nc1CCl. The summed E-state index contributed by atoms with van der Waals surface area (Å²) in [7, 11) is 0. The van der Waals surface area contributed by atoms with Crippen molar-refractivity contribution >= 4 is 11.6 Å². The van der Waals surface area contributed by atoms with Crippen molar-refractivity contribution in [2.24, 2.45) is 0 Å². The van der Waals surface area contributed by atoms with Crippen molar-refractivity contribution in [3.63, 3.8) is 0 Å². The highest BCUT2D eigenvalue weighted by atomic mass is 35.5. The number of hydrogen-bond donors (Lipinski definition) is 0. The number of ether oxygens (including phenoxy) is 1. The van der Waals surface area contributed by atoms with E-state index in [0.717, 1.165) is 0 Å². The Balaban J connectivity index is 2.22. The van der Waals surface area contributed by atoms with Gasteiger partial charge >= 0.3 is 6.36 Å². The second-order valence-corrected chi connectivity index (χ2v) is 3.99. The summed E-state index contributed by atoms with van der Waals surface area (Å²) in [5.74, 6) is 0.814. The fraction of sp³-hybridized carbons (Fsp3) is 0.250. The normalized spacial score (nSPS) is 11.6. The summed E-state index contributed by atoms with van der Waals surface area (Å²) >= 11 is 5.66. The maximum atomic E-state index is 12.0. The summed E-state index contributed by atoms with van der Waals surface area (Å²) in [6, 6.07) is 5.26. The van der Waals surface area contributed by atoms with Gasteiger partial charge in [-0.05, 0) is 31.2 Å². The molecule has 0 bridgehead atoms. The Hall–Kier alpha value is -1.69. The molecule has 2 rings (SSSR count). The van der Waals surface area contributed by atoms with E-state index in [2.05, 4.69) is 9.72 Å². The third-order valence-corrected chi connectivity index (χ3v) is 2.61. The summed E-state index contributed by atoms with van der Waals surface area (Å²) in [4.78, 5) is 4.14. The van der Waals surface area contributed by atoms with Crippen LogP contribution >= 0.6 is 11.6 Å². The first-order chi connectivity index (χ1) is 8.89. The van der Waals surface area contributed by atoms with Gasteiger partial charge in [-0.25, -0.2) is 4.98 Å². The second kappa shape index (κ2) is 5.13. The highest BCUT2D eigenvalue weighted by molar-refractivity contribution is 6.16. The zero-order valence-electron chi connectivity index (χ0n) is 9.79. The van der Waals surface area contributed by atoms with Crippen LogP contribution in [0.5, 0.6) is 5.75 Å².